The summed E-state index contributed by atoms with van der Waals surface area (Å²) in [5.74, 6) is -1.21. The molecule has 0 aromatic rings. The van der Waals surface area contributed by atoms with Gasteiger partial charge in [-0.2, -0.15) is 0 Å². The number of ether oxygens (including phenoxy) is 4. The first-order valence-electron chi connectivity index (χ1n) is 18.3. The number of amides is 6. The van der Waals surface area contributed by atoms with Gasteiger partial charge in [0.25, 0.3) is 0 Å². The second-order valence-electron chi connectivity index (χ2n) is 12.3. The molecule has 296 valence electrons. The topological polar surface area (TPSA) is 212 Å². The molecule has 2 unspecified atom stereocenters. The van der Waals surface area contributed by atoms with Crippen molar-refractivity contribution in [1.82, 2.24) is 31.9 Å². The number of hydrogen-bond donors (Lipinski definition) is 6. The zero-order chi connectivity index (χ0) is 38.0. The molecule has 0 saturated carbocycles. The lowest BCUT2D eigenvalue weighted by atomic mass is 10.1. The normalized spacial score (nSPS) is 12.0. The van der Waals surface area contributed by atoms with Crippen molar-refractivity contribution in [2.24, 2.45) is 0 Å². The summed E-state index contributed by atoms with van der Waals surface area (Å²) in [6, 6.07) is -1.45. The van der Waals surface area contributed by atoms with Crippen LogP contribution in [0.15, 0.2) is 0 Å². The Labute approximate surface area is 304 Å². The molecule has 16 nitrogen and oxygen atoms in total. The van der Waals surface area contributed by atoms with Crippen molar-refractivity contribution in [2.75, 3.05) is 81.0 Å². The maximum absolute atomic E-state index is 13.0. The van der Waals surface area contributed by atoms with Crippen LogP contribution in [0.4, 0.5) is 0 Å². The van der Waals surface area contributed by atoms with Crippen LogP contribution in [0.5, 0.6) is 0 Å². The Morgan fingerprint density at radius 3 is 1.04 bits per heavy atom. The fraction of sp³-hybridized carbons (Fsp3) is 0.829. The first-order valence-corrected chi connectivity index (χ1v) is 18.3. The average molecular weight is 731 g/mol. The SMILES string of the molecule is COCCCC(=O)NCCCC(NC(=O)CCCOC)C(=O)NCCCCCNC(=O)C(CCCNC(=O)CCCOC)NC(=O)CCCOC. The van der Waals surface area contributed by atoms with Crippen molar-refractivity contribution in [3.8, 4) is 0 Å². The van der Waals surface area contributed by atoms with Crippen LogP contribution in [-0.4, -0.2) is 129 Å². The number of hydrogen-bond acceptors (Lipinski definition) is 10. The molecule has 0 aromatic heterocycles. The third kappa shape index (κ3) is 29.0. The molecular formula is C35H66N6O10. The maximum Gasteiger partial charge on any atom is 0.242 e. The standard InChI is InChI=1S/C35H66N6O10/c1-48-24-10-16-30(42)36-22-8-14-28(40-32(44)18-12-26-50-3)34(46)38-20-6-5-7-21-39-35(47)29(41-33(45)19-13-27-51-4)15-9-23-37-31(43)17-11-25-49-2/h28-29H,5-27H2,1-4H3,(H,36,42)(H,37,43)(H,38,46)(H,39,47)(H,40,44)(H,41,45). The molecule has 0 spiro atoms. The molecule has 51 heavy (non-hydrogen) atoms. The predicted molar refractivity (Wildman–Crippen MR) is 193 cm³/mol. The van der Waals surface area contributed by atoms with Crippen LogP contribution in [0.25, 0.3) is 0 Å². The number of unbranched alkanes of at least 4 members (excludes halogenated alkanes) is 2. The lowest BCUT2D eigenvalue weighted by molar-refractivity contribution is -0.129. The summed E-state index contributed by atoms with van der Waals surface area (Å²) in [6.07, 6.45) is 7.38. The molecule has 0 radical (unpaired) electrons. The van der Waals surface area contributed by atoms with Crippen LogP contribution in [-0.2, 0) is 47.7 Å². The number of carbonyl (C=O) groups is 6. The second-order valence-corrected chi connectivity index (χ2v) is 12.3. The van der Waals surface area contributed by atoms with E-state index in [4.69, 9.17) is 18.9 Å². The van der Waals surface area contributed by atoms with Gasteiger partial charge in [0, 0.05) is 107 Å². The molecule has 0 heterocycles. The van der Waals surface area contributed by atoms with E-state index in [1.54, 1.807) is 28.4 Å². The van der Waals surface area contributed by atoms with Gasteiger partial charge in [0.1, 0.15) is 12.1 Å². The van der Waals surface area contributed by atoms with E-state index < -0.39 is 12.1 Å². The molecule has 0 aliphatic rings. The van der Waals surface area contributed by atoms with E-state index in [0.717, 1.165) is 6.42 Å². The summed E-state index contributed by atoms with van der Waals surface area (Å²) in [6.45, 7) is 3.49. The molecule has 16 heteroatoms. The van der Waals surface area contributed by atoms with Crippen LogP contribution in [0.2, 0.25) is 0 Å². The van der Waals surface area contributed by atoms with Crippen molar-refractivity contribution >= 4 is 35.4 Å². The Balaban J connectivity index is 4.70. The third-order valence-corrected chi connectivity index (χ3v) is 7.75. The summed E-state index contributed by atoms with van der Waals surface area (Å²) < 4.78 is 19.9. The molecule has 0 aliphatic heterocycles. The zero-order valence-corrected chi connectivity index (χ0v) is 31.5. The lowest BCUT2D eigenvalue weighted by Crippen LogP contribution is -2.47. The quantitative estimate of drug-likeness (QED) is 0.0514. The Morgan fingerprint density at radius 1 is 0.392 bits per heavy atom. The van der Waals surface area contributed by atoms with E-state index in [1.807, 2.05) is 0 Å². The molecule has 0 bridgehead atoms. The van der Waals surface area contributed by atoms with Crippen molar-refractivity contribution in [3.63, 3.8) is 0 Å². The first kappa shape index (κ1) is 47.7. The van der Waals surface area contributed by atoms with Crippen molar-refractivity contribution in [3.05, 3.63) is 0 Å². The zero-order valence-electron chi connectivity index (χ0n) is 31.5. The molecule has 0 aliphatic carbocycles. The average Bonchev–Trinajstić information content (AvgIpc) is 3.10. The molecule has 0 saturated heterocycles. The van der Waals surface area contributed by atoms with E-state index in [2.05, 4.69) is 31.9 Å². The summed E-state index contributed by atoms with van der Waals surface area (Å²) in [5, 5.41) is 17.1. The number of rotatable bonds is 34. The minimum Gasteiger partial charge on any atom is -0.385 e. The molecule has 6 amide bonds. The Hall–Kier alpha value is -3.34. The summed E-state index contributed by atoms with van der Waals surface area (Å²) in [4.78, 5) is 74.7. The molecular weight excluding hydrogens is 664 g/mol. The van der Waals surface area contributed by atoms with Crippen molar-refractivity contribution in [2.45, 2.75) is 108 Å². The van der Waals surface area contributed by atoms with Gasteiger partial charge in [-0.15, -0.1) is 0 Å². The van der Waals surface area contributed by atoms with Gasteiger partial charge in [0.15, 0.2) is 0 Å². The lowest BCUT2D eigenvalue weighted by Gasteiger charge is -2.19. The van der Waals surface area contributed by atoms with Gasteiger partial charge in [0.05, 0.1) is 0 Å². The van der Waals surface area contributed by atoms with E-state index in [0.29, 0.717) is 130 Å². The predicted octanol–water partition coefficient (Wildman–Crippen LogP) is 0.858. The van der Waals surface area contributed by atoms with Gasteiger partial charge in [-0.05, 0) is 70.6 Å². The first-order chi connectivity index (χ1) is 24.7. The van der Waals surface area contributed by atoms with Gasteiger partial charge in [-0.1, -0.05) is 0 Å². The number of methoxy groups -OCH3 is 4. The van der Waals surface area contributed by atoms with Gasteiger partial charge >= 0.3 is 0 Å². The molecule has 0 rings (SSSR count). The highest BCUT2D eigenvalue weighted by Crippen LogP contribution is 2.03. The van der Waals surface area contributed by atoms with E-state index in [1.165, 1.54) is 0 Å². The van der Waals surface area contributed by atoms with Crippen molar-refractivity contribution in [1.29, 1.82) is 0 Å². The monoisotopic (exact) mass is 730 g/mol. The largest absolute Gasteiger partial charge is 0.385 e. The molecule has 2 atom stereocenters. The van der Waals surface area contributed by atoms with Gasteiger partial charge in [0.2, 0.25) is 35.4 Å². The van der Waals surface area contributed by atoms with Crippen LogP contribution in [0, 0.1) is 0 Å². The highest BCUT2D eigenvalue weighted by molar-refractivity contribution is 5.88. The third-order valence-electron chi connectivity index (χ3n) is 7.75. The van der Waals surface area contributed by atoms with Gasteiger partial charge < -0.3 is 50.8 Å². The minimum atomic E-state index is -0.727. The fourth-order valence-electron chi connectivity index (χ4n) is 4.92. The minimum absolute atomic E-state index is 0.0823. The van der Waals surface area contributed by atoms with Crippen LogP contribution >= 0.6 is 0 Å². The maximum atomic E-state index is 13.0. The van der Waals surface area contributed by atoms with Crippen LogP contribution in [0.3, 0.4) is 0 Å². The van der Waals surface area contributed by atoms with Crippen molar-refractivity contribution < 1.29 is 47.7 Å². The summed E-state index contributed by atoms with van der Waals surface area (Å²) in [7, 11) is 6.29. The van der Waals surface area contributed by atoms with Gasteiger partial charge in [-0.25, -0.2) is 0 Å². The van der Waals surface area contributed by atoms with E-state index >= 15 is 0 Å². The molecule has 6 N–H and O–H groups in total. The number of carbonyl (C=O) groups excluding carboxylic acids is 6. The Bertz CT molecular complexity index is 897. The molecule has 0 fully saturated rings. The number of nitrogens with one attached hydrogen (secondary N) is 6. The van der Waals surface area contributed by atoms with E-state index in [9.17, 15) is 28.8 Å². The highest BCUT2D eigenvalue weighted by atomic mass is 16.5. The summed E-state index contributed by atoms with van der Waals surface area (Å²) >= 11 is 0. The van der Waals surface area contributed by atoms with Gasteiger partial charge in [-0.3, -0.25) is 28.8 Å². The van der Waals surface area contributed by atoms with Crippen LogP contribution in [0.1, 0.15) is 96.3 Å². The fourth-order valence-corrected chi connectivity index (χ4v) is 4.92. The van der Waals surface area contributed by atoms with E-state index in [-0.39, 0.29) is 48.3 Å². The summed E-state index contributed by atoms with van der Waals surface area (Å²) in [5.41, 5.74) is 0. The Kier molecular flexibility index (Phi) is 31.6. The Morgan fingerprint density at radius 2 is 0.706 bits per heavy atom. The second kappa shape index (κ2) is 33.8. The highest BCUT2D eigenvalue weighted by Gasteiger charge is 2.21. The van der Waals surface area contributed by atoms with Crippen LogP contribution < -0.4 is 31.9 Å². The smallest absolute Gasteiger partial charge is 0.242 e. The molecule has 0 aromatic carbocycles.